The summed E-state index contributed by atoms with van der Waals surface area (Å²) < 4.78 is 0. The molecular formula is C22H19N5OS. The number of hydrogen-bond acceptors (Lipinski definition) is 5. The Balaban J connectivity index is 1.46. The van der Waals surface area contributed by atoms with Crippen LogP contribution in [0.5, 0.6) is 0 Å². The molecule has 2 aromatic carbocycles. The smallest absolute Gasteiger partial charge is 0.237 e. The first-order chi connectivity index (χ1) is 14.2. The maximum Gasteiger partial charge on any atom is 0.237 e. The maximum absolute atomic E-state index is 12.8. The Kier molecular flexibility index (Phi) is 5.67. The van der Waals surface area contributed by atoms with Gasteiger partial charge in [-0.2, -0.15) is 0 Å². The quantitative estimate of drug-likeness (QED) is 0.459. The van der Waals surface area contributed by atoms with E-state index in [2.05, 4.69) is 25.5 Å². The fourth-order valence-electron chi connectivity index (χ4n) is 2.85. The third kappa shape index (κ3) is 4.52. The zero-order chi connectivity index (χ0) is 20.1. The van der Waals surface area contributed by atoms with Crippen LogP contribution in [-0.2, 0) is 4.79 Å². The molecule has 2 heterocycles. The van der Waals surface area contributed by atoms with Crippen LogP contribution in [-0.4, -0.2) is 31.3 Å². The van der Waals surface area contributed by atoms with Crippen molar-refractivity contribution in [1.29, 1.82) is 0 Å². The number of aromatic nitrogens is 4. The molecule has 1 amide bonds. The summed E-state index contributed by atoms with van der Waals surface area (Å²) in [6.07, 6.45) is 3.40. The van der Waals surface area contributed by atoms with Crippen molar-refractivity contribution in [2.45, 2.75) is 17.3 Å². The van der Waals surface area contributed by atoms with Crippen LogP contribution in [0.2, 0.25) is 0 Å². The van der Waals surface area contributed by atoms with Gasteiger partial charge < -0.3 is 5.32 Å². The Bertz CT molecular complexity index is 1100. The molecule has 0 fully saturated rings. The lowest BCUT2D eigenvalue weighted by atomic mass is 10.0. The standard InChI is InChI=1S/C22H19N5OS/c1-15(29-22-25-20(26-27-22)17-11-13-23-14-12-17)21(28)24-19-10-6-5-9-18(19)16-7-3-2-4-8-16/h2-15H,1H3,(H,24,28)(H,25,26,27)/t15-/m1/s1. The minimum atomic E-state index is -0.361. The summed E-state index contributed by atoms with van der Waals surface area (Å²) in [6.45, 7) is 1.84. The van der Waals surface area contributed by atoms with Crippen LogP contribution in [0.25, 0.3) is 22.5 Å². The van der Waals surface area contributed by atoms with E-state index in [-0.39, 0.29) is 11.2 Å². The van der Waals surface area contributed by atoms with Gasteiger partial charge in [0.15, 0.2) is 5.82 Å². The van der Waals surface area contributed by atoms with Gasteiger partial charge in [0.25, 0.3) is 0 Å². The third-order valence-electron chi connectivity index (χ3n) is 4.34. The fraction of sp³-hybridized carbons (Fsp3) is 0.0909. The summed E-state index contributed by atoms with van der Waals surface area (Å²) >= 11 is 1.31. The lowest BCUT2D eigenvalue weighted by Gasteiger charge is -2.14. The highest BCUT2D eigenvalue weighted by molar-refractivity contribution is 8.00. The predicted octanol–water partition coefficient (Wildman–Crippen LogP) is 4.65. The van der Waals surface area contributed by atoms with E-state index < -0.39 is 0 Å². The molecule has 29 heavy (non-hydrogen) atoms. The average molecular weight is 401 g/mol. The highest BCUT2D eigenvalue weighted by atomic mass is 32.2. The molecule has 0 aliphatic heterocycles. The molecule has 0 aliphatic rings. The minimum absolute atomic E-state index is 0.103. The lowest BCUT2D eigenvalue weighted by molar-refractivity contribution is -0.115. The molecule has 4 rings (SSSR count). The highest BCUT2D eigenvalue weighted by Gasteiger charge is 2.19. The molecule has 7 heteroatoms. The molecule has 2 aromatic heterocycles. The number of anilines is 1. The van der Waals surface area contributed by atoms with Gasteiger partial charge in [-0.25, -0.2) is 4.98 Å². The predicted molar refractivity (Wildman–Crippen MR) is 115 cm³/mol. The number of carbonyl (C=O) groups is 1. The summed E-state index contributed by atoms with van der Waals surface area (Å²) in [7, 11) is 0. The Morgan fingerprint density at radius 1 is 0.966 bits per heavy atom. The van der Waals surface area contributed by atoms with Crippen LogP contribution in [0.4, 0.5) is 5.69 Å². The van der Waals surface area contributed by atoms with Crippen molar-refractivity contribution in [2.75, 3.05) is 5.32 Å². The molecular weight excluding hydrogens is 382 g/mol. The summed E-state index contributed by atoms with van der Waals surface area (Å²) in [5, 5.41) is 10.3. The molecule has 6 nitrogen and oxygen atoms in total. The molecule has 2 N–H and O–H groups in total. The largest absolute Gasteiger partial charge is 0.325 e. The number of amides is 1. The highest BCUT2D eigenvalue weighted by Crippen LogP contribution is 2.29. The molecule has 4 aromatic rings. The third-order valence-corrected chi connectivity index (χ3v) is 5.30. The van der Waals surface area contributed by atoms with E-state index in [4.69, 9.17) is 0 Å². The molecule has 0 saturated carbocycles. The van der Waals surface area contributed by atoms with E-state index in [1.165, 1.54) is 11.8 Å². The summed E-state index contributed by atoms with van der Waals surface area (Å²) in [4.78, 5) is 21.2. The Morgan fingerprint density at radius 3 is 2.48 bits per heavy atom. The first kappa shape index (κ1) is 18.9. The van der Waals surface area contributed by atoms with Gasteiger partial charge in [-0.15, -0.1) is 5.10 Å². The number of benzene rings is 2. The van der Waals surface area contributed by atoms with Gasteiger partial charge in [-0.05, 0) is 30.7 Å². The van der Waals surface area contributed by atoms with Gasteiger partial charge >= 0.3 is 0 Å². The fourth-order valence-corrected chi connectivity index (χ4v) is 3.57. The van der Waals surface area contributed by atoms with Crippen LogP contribution in [0.1, 0.15) is 6.92 Å². The number of carbonyl (C=O) groups excluding carboxylic acids is 1. The molecule has 0 unspecified atom stereocenters. The number of thioether (sulfide) groups is 1. The zero-order valence-electron chi connectivity index (χ0n) is 15.7. The second-order valence-electron chi connectivity index (χ2n) is 6.36. The Hall–Kier alpha value is -3.45. The number of nitrogens with zero attached hydrogens (tertiary/aromatic N) is 3. The van der Waals surface area contributed by atoms with E-state index >= 15 is 0 Å². The molecule has 0 aliphatic carbocycles. The Labute approximate surface area is 172 Å². The van der Waals surface area contributed by atoms with Crippen molar-refractivity contribution >= 4 is 23.4 Å². The van der Waals surface area contributed by atoms with Gasteiger partial charge in [0, 0.05) is 29.2 Å². The normalized spacial score (nSPS) is 11.8. The summed E-state index contributed by atoms with van der Waals surface area (Å²) in [6, 6.07) is 21.5. The van der Waals surface area contributed by atoms with Crippen LogP contribution in [0, 0.1) is 0 Å². The van der Waals surface area contributed by atoms with E-state index in [0.29, 0.717) is 11.0 Å². The van der Waals surface area contributed by atoms with Crippen molar-refractivity contribution in [3.05, 3.63) is 79.1 Å². The Morgan fingerprint density at radius 2 is 1.69 bits per heavy atom. The average Bonchev–Trinajstić information content (AvgIpc) is 3.24. The molecule has 0 bridgehead atoms. The van der Waals surface area contributed by atoms with Gasteiger partial charge in [0.05, 0.1) is 5.25 Å². The maximum atomic E-state index is 12.8. The summed E-state index contributed by atoms with van der Waals surface area (Å²) in [5.41, 5.74) is 3.72. The van der Waals surface area contributed by atoms with Gasteiger partial charge in [-0.3, -0.25) is 14.9 Å². The number of hydrogen-bond donors (Lipinski definition) is 2. The van der Waals surface area contributed by atoms with Gasteiger partial charge in [0.1, 0.15) is 0 Å². The van der Waals surface area contributed by atoms with E-state index in [1.54, 1.807) is 12.4 Å². The van der Waals surface area contributed by atoms with Gasteiger partial charge in [-0.1, -0.05) is 60.3 Å². The van der Waals surface area contributed by atoms with Crippen molar-refractivity contribution in [2.24, 2.45) is 0 Å². The van der Waals surface area contributed by atoms with Gasteiger partial charge in [0.2, 0.25) is 11.1 Å². The SMILES string of the molecule is C[C@@H](Sc1n[nH]c(-c2ccncc2)n1)C(=O)Nc1ccccc1-c1ccccc1. The second kappa shape index (κ2) is 8.70. The first-order valence-corrected chi connectivity index (χ1v) is 10.0. The summed E-state index contributed by atoms with van der Waals surface area (Å²) in [5.74, 6) is 0.547. The molecule has 0 saturated heterocycles. The minimum Gasteiger partial charge on any atom is -0.325 e. The van der Waals surface area contributed by atoms with E-state index in [1.807, 2.05) is 73.7 Å². The van der Waals surface area contributed by atoms with E-state index in [9.17, 15) is 4.79 Å². The zero-order valence-corrected chi connectivity index (χ0v) is 16.6. The monoisotopic (exact) mass is 401 g/mol. The van der Waals surface area contributed by atoms with Crippen molar-refractivity contribution < 1.29 is 4.79 Å². The van der Waals surface area contributed by atoms with E-state index in [0.717, 1.165) is 22.4 Å². The van der Waals surface area contributed by atoms with Crippen LogP contribution in [0.15, 0.2) is 84.3 Å². The topological polar surface area (TPSA) is 83.6 Å². The first-order valence-electron chi connectivity index (χ1n) is 9.15. The number of nitrogens with one attached hydrogen (secondary N) is 2. The van der Waals surface area contributed by atoms with Crippen molar-refractivity contribution in [3.8, 4) is 22.5 Å². The number of rotatable bonds is 6. The van der Waals surface area contributed by atoms with Crippen molar-refractivity contribution in [3.63, 3.8) is 0 Å². The number of H-pyrrole nitrogens is 1. The number of aromatic amines is 1. The molecule has 1 atom stereocenters. The molecule has 144 valence electrons. The van der Waals surface area contributed by atoms with Crippen LogP contribution >= 0.6 is 11.8 Å². The molecule has 0 radical (unpaired) electrons. The second-order valence-corrected chi connectivity index (χ2v) is 7.67. The number of para-hydroxylation sites is 1. The number of pyridine rings is 1. The van der Waals surface area contributed by atoms with Crippen LogP contribution in [0.3, 0.4) is 0 Å². The van der Waals surface area contributed by atoms with Crippen LogP contribution < -0.4 is 5.32 Å². The molecule has 0 spiro atoms. The van der Waals surface area contributed by atoms with Crippen molar-refractivity contribution in [1.82, 2.24) is 20.2 Å². The lowest BCUT2D eigenvalue weighted by Crippen LogP contribution is -2.22.